The highest BCUT2D eigenvalue weighted by molar-refractivity contribution is 6.31. The molecule has 1 aliphatic heterocycles. The summed E-state index contributed by atoms with van der Waals surface area (Å²) in [5, 5.41) is 5.06. The molecule has 0 atom stereocenters. The normalized spacial score (nSPS) is 14.4. The molecule has 8 nitrogen and oxygen atoms in total. The van der Waals surface area contributed by atoms with Crippen molar-refractivity contribution in [2.45, 2.75) is 33.2 Å². The van der Waals surface area contributed by atoms with E-state index in [2.05, 4.69) is 5.10 Å². The number of nitrogens with zero attached hydrogens (tertiary/aromatic N) is 3. The molecule has 0 aliphatic carbocycles. The quantitative estimate of drug-likeness (QED) is 0.632. The van der Waals surface area contributed by atoms with Gasteiger partial charge in [-0.2, -0.15) is 5.10 Å². The molecule has 0 radical (unpaired) electrons. The van der Waals surface area contributed by atoms with E-state index in [1.807, 2.05) is 18.2 Å². The van der Waals surface area contributed by atoms with Crippen LogP contribution in [-0.2, 0) is 25.6 Å². The summed E-state index contributed by atoms with van der Waals surface area (Å²) >= 11 is 6.23. The largest absolute Gasteiger partial charge is 0.469 e. The Morgan fingerprint density at radius 2 is 1.84 bits per heavy atom. The molecule has 166 valence electrons. The number of hydrogen-bond acceptors (Lipinski definition) is 6. The van der Waals surface area contributed by atoms with Gasteiger partial charge in [-0.1, -0.05) is 29.8 Å². The molecular weight excluding hydrogens is 422 g/mol. The maximum absolute atomic E-state index is 12.7. The summed E-state index contributed by atoms with van der Waals surface area (Å²) in [6.07, 6.45) is 1.08. The third kappa shape index (κ3) is 5.25. The highest BCUT2D eigenvalue weighted by Gasteiger charge is 2.29. The number of halogens is 1. The van der Waals surface area contributed by atoms with E-state index in [1.165, 1.54) is 7.11 Å². The van der Waals surface area contributed by atoms with E-state index in [-0.39, 0.29) is 24.4 Å². The number of amides is 1. The summed E-state index contributed by atoms with van der Waals surface area (Å²) in [7, 11) is 1.36. The fraction of sp³-hybridized carbons (Fsp3) is 0.455. The molecule has 2 aromatic rings. The summed E-state index contributed by atoms with van der Waals surface area (Å²) in [5.74, 6) is -1.31. The molecule has 31 heavy (non-hydrogen) atoms. The number of likely N-dealkylation sites (tertiary alicyclic amines) is 1. The van der Waals surface area contributed by atoms with Crippen LogP contribution in [0, 0.1) is 19.8 Å². The van der Waals surface area contributed by atoms with Crippen LogP contribution in [0.4, 0.5) is 0 Å². The minimum atomic E-state index is -0.585. The number of methoxy groups -OCH3 is 1. The maximum Gasteiger partial charge on any atom is 0.342 e. The van der Waals surface area contributed by atoms with Crippen molar-refractivity contribution < 1.29 is 23.9 Å². The zero-order valence-corrected chi connectivity index (χ0v) is 18.6. The van der Waals surface area contributed by atoms with Crippen molar-refractivity contribution in [3.05, 3.63) is 51.8 Å². The third-order valence-corrected chi connectivity index (χ3v) is 5.94. The Bertz CT molecular complexity index is 980. The zero-order valence-electron chi connectivity index (χ0n) is 17.9. The predicted molar refractivity (Wildman–Crippen MR) is 114 cm³/mol. The summed E-state index contributed by atoms with van der Waals surface area (Å²) < 4.78 is 11.7. The Morgan fingerprint density at radius 1 is 1.16 bits per heavy atom. The fourth-order valence-corrected chi connectivity index (χ4v) is 3.95. The number of aromatic nitrogens is 2. The second-order valence-electron chi connectivity index (χ2n) is 7.55. The van der Waals surface area contributed by atoms with Crippen LogP contribution in [0.1, 0.15) is 40.2 Å². The summed E-state index contributed by atoms with van der Waals surface area (Å²) in [6, 6.07) is 7.45. The molecule has 0 spiro atoms. The van der Waals surface area contributed by atoms with Gasteiger partial charge in [-0.3, -0.25) is 14.3 Å². The fourth-order valence-electron chi connectivity index (χ4n) is 3.76. The van der Waals surface area contributed by atoms with E-state index in [9.17, 15) is 14.4 Å². The zero-order chi connectivity index (χ0) is 22.5. The summed E-state index contributed by atoms with van der Waals surface area (Å²) in [6.45, 7) is 4.46. The predicted octanol–water partition coefficient (Wildman–Crippen LogP) is 2.77. The van der Waals surface area contributed by atoms with Gasteiger partial charge in [0.15, 0.2) is 6.61 Å². The number of carbonyl (C=O) groups is 3. The van der Waals surface area contributed by atoms with Gasteiger partial charge < -0.3 is 14.4 Å². The van der Waals surface area contributed by atoms with Crippen molar-refractivity contribution in [1.29, 1.82) is 0 Å². The highest BCUT2D eigenvalue weighted by atomic mass is 35.5. The number of rotatable bonds is 6. The van der Waals surface area contributed by atoms with Gasteiger partial charge in [0.2, 0.25) is 0 Å². The molecule has 1 amide bonds. The lowest BCUT2D eigenvalue weighted by molar-refractivity contribution is -0.149. The van der Waals surface area contributed by atoms with Crippen LogP contribution in [0.5, 0.6) is 0 Å². The van der Waals surface area contributed by atoms with Crippen molar-refractivity contribution in [2.24, 2.45) is 5.92 Å². The van der Waals surface area contributed by atoms with Crippen LogP contribution in [0.15, 0.2) is 24.3 Å². The number of piperidine rings is 1. The third-order valence-electron chi connectivity index (χ3n) is 5.57. The Hall–Kier alpha value is -2.87. The summed E-state index contributed by atoms with van der Waals surface area (Å²) in [4.78, 5) is 38.3. The number of esters is 2. The number of benzene rings is 1. The van der Waals surface area contributed by atoms with Crippen molar-refractivity contribution >= 4 is 29.4 Å². The van der Waals surface area contributed by atoms with Crippen molar-refractivity contribution in [3.8, 4) is 0 Å². The van der Waals surface area contributed by atoms with Gasteiger partial charge >= 0.3 is 11.9 Å². The molecule has 1 aromatic heterocycles. The van der Waals surface area contributed by atoms with Crippen molar-refractivity contribution in [1.82, 2.24) is 14.7 Å². The van der Waals surface area contributed by atoms with Gasteiger partial charge in [-0.25, -0.2) is 4.79 Å². The lowest BCUT2D eigenvalue weighted by Gasteiger charge is -2.30. The number of hydrogen-bond donors (Lipinski definition) is 0. The monoisotopic (exact) mass is 447 g/mol. The molecule has 3 rings (SSSR count). The first-order chi connectivity index (χ1) is 14.8. The van der Waals surface area contributed by atoms with Gasteiger partial charge in [0, 0.05) is 18.1 Å². The summed E-state index contributed by atoms with van der Waals surface area (Å²) in [5.41, 5.74) is 2.42. The van der Waals surface area contributed by atoms with Gasteiger partial charge in [-0.05, 0) is 38.3 Å². The first kappa shape index (κ1) is 22.8. The van der Waals surface area contributed by atoms with Crippen molar-refractivity contribution in [3.63, 3.8) is 0 Å². The molecule has 0 unspecified atom stereocenters. The van der Waals surface area contributed by atoms with Gasteiger partial charge in [0.05, 0.1) is 31.0 Å². The Labute approximate surface area is 186 Å². The lowest BCUT2D eigenvalue weighted by atomic mass is 9.97. The Kier molecular flexibility index (Phi) is 7.33. The minimum Gasteiger partial charge on any atom is -0.469 e. The highest BCUT2D eigenvalue weighted by Crippen LogP contribution is 2.21. The first-order valence-corrected chi connectivity index (χ1v) is 10.5. The topological polar surface area (TPSA) is 90.7 Å². The number of ether oxygens (including phenoxy) is 2. The molecule has 0 bridgehead atoms. The Balaban J connectivity index is 1.58. The molecule has 1 aromatic carbocycles. The minimum absolute atomic E-state index is 0.189. The smallest absolute Gasteiger partial charge is 0.342 e. The molecule has 2 heterocycles. The average molecular weight is 448 g/mol. The SMILES string of the molecule is COC(=O)C1CCN(C(=O)COC(=O)c2c(C)nn(Cc3ccccc3Cl)c2C)CC1. The van der Waals surface area contributed by atoms with E-state index in [4.69, 9.17) is 21.1 Å². The molecular formula is C22H26ClN3O5. The van der Waals surface area contributed by atoms with Crippen molar-refractivity contribution in [2.75, 3.05) is 26.8 Å². The van der Waals surface area contributed by atoms with Gasteiger partial charge in [0.25, 0.3) is 5.91 Å². The van der Waals surface area contributed by atoms with E-state index in [0.717, 1.165) is 5.56 Å². The standard InChI is InChI=1S/C22H26ClN3O5/c1-14-20(15(2)26(24-14)12-17-6-4-5-7-18(17)23)22(29)31-13-19(27)25-10-8-16(9-11-25)21(28)30-3/h4-7,16H,8-13H2,1-3H3. The maximum atomic E-state index is 12.7. The number of carbonyl (C=O) groups excluding carboxylic acids is 3. The van der Waals surface area contributed by atoms with Gasteiger partial charge in [0.1, 0.15) is 5.56 Å². The second kappa shape index (κ2) is 9.96. The van der Waals surface area contributed by atoms with Gasteiger partial charge in [-0.15, -0.1) is 0 Å². The van der Waals surface area contributed by atoms with E-state index < -0.39 is 5.97 Å². The first-order valence-electron chi connectivity index (χ1n) is 10.1. The molecule has 1 saturated heterocycles. The molecule has 1 aliphatic rings. The molecule has 1 fully saturated rings. The van der Waals surface area contributed by atoms with E-state index in [0.29, 0.717) is 54.4 Å². The molecule has 0 saturated carbocycles. The van der Waals surface area contributed by atoms with Crippen LogP contribution >= 0.6 is 11.6 Å². The van der Waals surface area contributed by atoms with E-state index >= 15 is 0 Å². The number of aryl methyl sites for hydroxylation is 1. The molecule has 9 heteroatoms. The average Bonchev–Trinajstić information content (AvgIpc) is 3.05. The molecule has 0 N–H and O–H groups in total. The van der Waals surface area contributed by atoms with Crippen LogP contribution in [0.2, 0.25) is 5.02 Å². The van der Waals surface area contributed by atoms with Crippen LogP contribution in [0.25, 0.3) is 0 Å². The van der Waals surface area contributed by atoms with Crippen LogP contribution in [-0.4, -0.2) is 59.3 Å². The van der Waals surface area contributed by atoms with E-state index in [1.54, 1.807) is 29.5 Å². The van der Waals surface area contributed by atoms with Crippen LogP contribution in [0.3, 0.4) is 0 Å². The Morgan fingerprint density at radius 3 is 2.48 bits per heavy atom. The van der Waals surface area contributed by atoms with Crippen LogP contribution < -0.4 is 0 Å². The second-order valence-corrected chi connectivity index (χ2v) is 7.96. The lowest BCUT2D eigenvalue weighted by Crippen LogP contribution is -2.42.